The number of phenolic OH excluding ortho intramolecular Hbond substituents is 1. The van der Waals surface area contributed by atoms with Crippen LogP contribution in [-0.2, 0) is 30.5 Å². The minimum atomic E-state index is -1.07. The van der Waals surface area contributed by atoms with Crippen molar-refractivity contribution in [2.75, 3.05) is 55.1 Å². The zero-order chi connectivity index (χ0) is 35.9. The molecule has 6 bridgehead atoms. The van der Waals surface area contributed by atoms with Crippen LogP contribution in [0.25, 0.3) is 0 Å². The van der Waals surface area contributed by atoms with E-state index in [-0.39, 0.29) is 49.1 Å². The molecule has 0 spiro atoms. The van der Waals surface area contributed by atoms with Crippen molar-refractivity contribution in [1.82, 2.24) is 4.90 Å². The van der Waals surface area contributed by atoms with Crippen LogP contribution in [0.2, 0.25) is 0 Å². The molecule has 284 valence electrons. The number of carbonyl (C=O) groups is 1. The number of halogens is 2. The summed E-state index contributed by atoms with van der Waals surface area (Å²) in [5, 5.41) is 23.4. The maximum atomic E-state index is 11.9. The Labute approximate surface area is 323 Å². The number of likely N-dealkylation sites (N-methyl/N-ethyl adjacent to an activating group) is 2. The molecule has 4 aliphatic rings. The number of rotatable bonds is 7. The van der Waals surface area contributed by atoms with Crippen molar-refractivity contribution in [2.24, 2.45) is 0 Å². The monoisotopic (exact) mass is 766 g/mol. The molecule has 3 unspecified atom stereocenters. The highest BCUT2D eigenvalue weighted by Crippen LogP contribution is 2.53. The lowest BCUT2D eigenvalue weighted by Crippen LogP contribution is -2.52. The van der Waals surface area contributed by atoms with E-state index in [0.717, 1.165) is 48.2 Å². The normalized spacial score (nSPS) is 20.2. The molecule has 3 atom stereocenters. The molecule has 0 radical (unpaired) electrons. The number of carboxylic acids is 1. The lowest BCUT2D eigenvalue weighted by Gasteiger charge is -2.46. The Morgan fingerprint density at radius 2 is 1.55 bits per heavy atom. The minimum Gasteiger partial charge on any atom is -0.550 e. The largest absolute Gasteiger partial charge is 0.550 e. The summed E-state index contributed by atoms with van der Waals surface area (Å²) in [5.74, 6) is 2.50. The first-order valence-corrected chi connectivity index (χ1v) is 17.6. The van der Waals surface area contributed by atoms with Crippen LogP contribution in [0.1, 0.15) is 58.3 Å². The van der Waals surface area contributed by atoms with Crippen LogP contribution < -0.4 is 28.8 Å². The summed E-state index contributed by atoms with van der Waals surface area (Å²) in [4.78, 5) is 13.9. The van der Waals surface area contributed by atoms with E-state index >= 15 is 0 Å². The van der Waals surface area contributed by atoms with Gasteiger partial charge in [0.25, 0.3) is 0 Å². The van der Waals surface area contributed by atoms with Gasteiger partial charge in [-0.2, -0.15) is 0 Å². The van der Waals surface area contributed by atoms with Crippen LogP contribution in [0.3, 0.4) is 0 Å². The van der Waals surface area contributed by atoms with Crippen molar-refractivity contribution in [3.8, 4) is 46.0 Å². The molecule has 53 heavy (non-hydrogen) atoms. The topological polar surface area (TPSA) is 110 Å². The number of carboxylic acid groups (broad SMARTS) is 1. The summed E-state index contributed by atoms with van der Waals surface area (Å²) in [5.41, 5.74) is 6.38. The number of hydrogen-bond donors (Lipinski definition) is 1. The van der Waals surface area contributed by atoms with Gasteiger partial charge in [-0.3, -0.25) is 4.90 Å². The molecule has 0 amide bonds. The smallest absolute Gasteiger partial charge is 0.201 e. The molecule has 4 aromatic rings. The van der Waals surface area contributed by atoms with Gasteiger partial charge in [-0.05, 0) is 96.6 Å². The lowest BCUT2D eigenvalue weighted by molar-refractivity contribution is -0.941. The number of hydrogen-bond acceptors (Lipinski definition) is 9. The van der Waals surface area contributed by atoms with E-state index in [1.54, 1.807) is 21.3 Å². The molecule has 4 heterocycles. The van der Waals surface area contributed by atoms with Gasteiger partial charge in [-0.25, -0.2) is 0 Å². The molecule has 0 saturated carbocycles. The van der Waals surface area contributed by atoms with Crippen LogP contribution in [0.15, 0.2) is 60.7 Å². The molecule has 12 heteroatoms. The maximum absolute atomic E-state index is 11.9. The average molecular weight is 768 g/mol. The molecule has 0 saturated heterocycles. The zero-order valence-electron chi connectivity index (χ0n) is 30.8. The number of aromatic hydroxyl groups is 1. The fourth-order valence-electron chi connectivity index (χ4n) is 8.18. The molecule has 0 aromatic heterocycles. The molecule has 0 fully saturated rings. The summed E-state index contributed by atoms with van der Waals surface area (Å²) in [6.45, 7) is 2.24. The van der Waals surface area contributed by atoms with Gasteiger partial charge in [0.1, 0.15) is 11.8 Å². The van der Waals surface area contributed by atoms with E-state index in [4.69, 9.17) is 23.7 Å². The SMILES string of the molecule is COc1ccc2cc1Oc1ccc(cc1)CC1c3cc(c(OC)cc3CCN1C)Oc1c(O)c(OC)cc3c1C(C2)[N+](C)(CCCC(=O)[O-])CC3.Cl.Cl. The summed E-state index contributed by atoms with van der Waals surface area (Å²) < 4.78 is 31.3. The van der Waals surface area contributed by atoms with Crippen LogP contribution >= 0.6 is 24.8 Å². The number of carbonyl (C=O) groups excluding carboxylic acids is 1. The van der Waals surface area contributed by atoms with E-state index in [0.29, 0.717) is 70.5 Å². The number of quaternary nitrogens is 1. The molecule has 4 aromatic carbocycles. The quantitative estimate of drug-likeness (QED) is 0.205. The standard InChI is InChI=1S/C41H46N2O8.2ClH/c1-42-16-14-27-22-34(48-4)36-24-30(27)31(42)19-25-8-11-29(12-9-25)50-35-21-26(10-13-33(35)47-3)20-32-39-28(23-37(49-5)40(46)41(39)51-36)15-18-43(32,2)17-6-7-38(44)45;;/h8-13,21-24,31-32H,6-7,14-20H2,1-5H3,(H-,44,45,46);2*1H. The second-order valence-electron chi connectivity index (χ2n) is 14.2. The van der Waals surface area contributed by atoms with Crippen LogP contribution in [0, 0.1) is 0 Å². The third kappa shape index (κ3) is 7.82. The lowest BCUT2D eigenvalue weighted by atomic mass is 9.85. The van der Waals surface area contributed by atoms with Crippen molar-refractivity contribution < 1.29 is 43.2 Å². The predicted octanol–water partition coefficient (Wildman–Crippen LogP) is 6.75. The second-order valence-corrected chi connectivity index (χ2v) is 14.2. The van der Waals surface area contributed by atoms with Crippen molar-refractivity contribution in [3.05, 3.63) is 94.0 Å². The molecule has 4 aliphatic heterocycles. The first-order valence-electron chi connectivity index (χ1n) is 17.6. The average Bonchev–Trinajstić information content (AvgIpc) is 3.12. The fourth-order valence-corrected chi connectivity index (χ4v) is 8.18. The first-order chi connectivity index (χ1) is 24.6. The van der Waals surface area contributed by atoms with Gasteiger partial charge in [-0.1, -0.05) is 18.2 Å². The van der Waals surface area contributed by atoms with Crippen LogP contribution in [0.4, 0.5) is 0 Å². The molecule has 0 aliphatic carbocycles. The van der Waals surface area contributed by atoms with Gasteiger partial charge in [0.15, 0.2) is 34.5 Å². The van der Waals surface area contributed by atoms with Crippen LogP contribution in [-0.4, -0.2) is 75.5 Å². The fraction of sp³-hybridized carbons (Fsp3) is 0.390. The number of ether oxygens (including phenoxy) is 5. The minimum absolute atomic E-state index is 0. The van der Waals surface area contributed by atoms with Crippen molar-refractivity contribution in [1.29, 1.82) is 0 Å². The van der Waals surface area contributed by atoms with Gasteiger partial charge in [0, 0.05) is 37.8 Å². The highest BCUT2D eigenvalue weighted by molar-refractivity contribution is 5.85. The number of phenols is 1. The van der Waals surface area contributed by atoms with Crippen molar-refractivity contribution in [3.63, 3.8) is 0 Å². The Morgan fingerprint density at radius 1 is 0.868 bits per heavy atom. The number of benzene rings is 4. The predicted molar refractivity (Wildman–Crippen MR) is 205 cm³/mol. The van der Waals surface area contributed by atoms with Gasteiger partial charge in [-0.15, -0.1) is 24.8 Å². The van der Waals surface area contributed by atoms with Gasteiger partial charge in [0.2, 0.25) is 5.75 Å². The summed E-state index contributed by atoms with van der Waals surface area (Å²) in [6, 6.07) is 20.1. The molecular formula is C41H48Cl2N2O8. The molecule has 1 N–H and O–H groups in total. The summed E-state index contributed by atoms with van der Waals surface area (Å²) in [7, 11) is 9.11. The number of fused-ring (bicyclic) bond motifs is 2. The van der Waals surface area contributed by atoms with Crippen molar-refractivity contribution >= 4 is 30.8 Å². The van der Waals surface area contributed by atoms with E-state index in [1.165, 1.54) is 11.1 Å². The Kier molecular flexibility index (Phi) is 12.3. The highest BCUT2D eigenvalue weighted by atomic mass is 35.5. The number of nitrogens with zero attached hydrogens (tertiary/aromatic N) is 2. The van der Waals surface area contributed by atoms with Gasteiger partial charge < -0.3 is 43.2 Å². The van der Waals surface area contributed by atoms with Crippen LogP contribution in [0.5, 0.6) is 46.0 Å². The van der Waals surface area contributed by atoms with Crippen molar-refractivity contribution in [2.45, 2.75) is 50.6 Å². The molecule has 10 nitrogen and oxygen atoms in total. The maximum Gasteiger partial charge on any atom is 0.201 e. The summed E-state index contributed by atoms with van der Waals surface area (Å²) in [6.07, 6.45) is 3.29. The Morgan fingerprint density at radius 3 is 2.25 bits per heavy atom. The number of aliphatic carboxylic acids is 1. The number of methoxy groups -OCH3 is 3. The third-order valence-corrected chi connectivity index (χ3v) is 11.1. The molecule has 8 rings (SSSR count). The third-order valence-electron chi connectivity index (χ3n) is 11.1. The Hall–Kier alpha value is -4.35. The van der Waals surface area contributed by atoms with E-state index in [2.05, 4.69) is 43.3 Å². The van der Waals surface area contributed by atoms with Gasteiger partial charge >= 0.3 is 0 Å². The van der Waals surface area contributed by atoms with E-state index in [1.807, 2.05) is 36.4 Å². The zero-order valence-corrected chi connectivity index (χ0v) is 32.4. The summed E-state index contributed by atoms with van der Waals surface area (Å²) >= 11 is 0. The van der Waals surface area contributed by atoms with Gasteiger partial charge in [0.05, 0.1) is 47.0 Å². The first kappa shape index (κ1) is 39.8. The van der Waals surface area contributed by atoms with E-state index < -0.39 is 5.97 Å². The Bertz CT molecular complexity index is 1960. The van der Waals surface area contributed by atoms with E-state index in [9.17, 15) is 15.0 Å². The second kappa shape index (κ2) is 16.3. The Balaban J connectivity index is 0.00000271. The molecular weight excluding hydrogens is 719 g/mol. The highest BCUT2D eigenvalue weighted by Gasteiger charge is 2.43.